The standard InChI is InChI=1S/C21H27N5O4S/c1-31(28,29)26(11-10-24-8-4-5-9-24)15-12-25(13-15)21(27)20-17-14-30-18-7-3-2-6-16(18)19(17)22-23-20/h2-3,6-7,15H,4-5,8-14H2,1H3,(H,22,23). The second-order valence-electron chi connectivity index (χ2n) is 8.50. The summed E-state index contributed by atoms with van der Waals surface area (Å²) in [7, 11) is -3.34. The summed E-state index contributed by atoms with van der Waals surface area (Å²) in [4.78, 5) is 17.1. The van der Waals surface area contributed by atoms with Gasteiger partial charge >= 0.3 is 0 Å². The van der Waals surface area contributed by atoms with E-state index < -0.39 is 10.0 Å². The molecule has 3 aliphatic rings. The molecule has 9 nitrogen and oxygen atoms in total. The molecule has 0 saturated carbocycles. The Morgan fingerprint density at radius 2 is 2.00 bits per heavy atom. The first-order valence-corrected chi connectivity index (χ1v) is 12.5. The Morgan fingerprint density at radius 3 is 2.74 bits per heavy atom. The number of sulfonamides is 1. The molecule has 0 aliphatic carbocycles. The fourth-order valence-electron chi connectivity index (χ4n) is 4.67. The van der Waals surface area contributed by atoms with Crippen molar-refractivity contribution in [2.45, 2.75) is 25.5 Å². The zero-order valence-corrected chi connectivity index (χ0v) is 18.4. The summed E-state index contributed by atoms with van der Waals surface area (Å²) in [6.45, 7) is 4.32. The van der Waals surface area contributed by atoms with Crippen molar-refractivity contribution in [2.24, 2.45) is 0 Å². The Kier molecular flexibility index (Phi) is 5.23. The lowest BCUT2D eigenvalue weighted by atomic mass is 10.0. The number of amides is 1. The minimum Gasteiger partial charge on any atom is -0.488 e. The van der Waals surface area contributed by atoms with E-state index in [0.29, 0.717) is 25.3 Å². The quantitative estimate of drug-likeness (QED) is 0.716. The number of benzene rings is 1. The number of aromatic amines is 1. The van der Waals surface area contributed by atoms with Crippen LogP contribution in [-0.2, 0) is 16.6 Å². The van der Waals surface area contributed by atoms with Crippen LogP contribution in [-0.4, -0.2) is 90.2 Å². The van der Waals surface area contributed by atoms with E-state index in [0.717, 1.165) is 42.2 Å². The molecule has 2 saturated heterocycles. The smallest absolute Gasteiger partial charge is 0.272 e. The van der Waals surface area contributed by atoms with E-state index in [4.69, 9.17) is 4.74 Å². The Bertz CT molecular complexity index is 1090. The molecule has 166 valence electrons. The van der Waals surface area contributed by atoms with Crippen molar-refractivity contribution in [2.75, 3.05) is 45.5 Å². The van der Waals surface area contributed by atoms with Crippen molar-refractivity contribution in [3.05, 3.63) is 35.5 Å². The molecule has 0 spiro atoms. The summed E-state index contributed by atoms with van der Waals surface area (Å²) < 4.78 is 32.1. The Hall–Kier alpha value is -2.43. The molecule has 0 atom stereocenters. The maximum atomic E-state index is 13.1. The first-order valence-electron chi connectivity index (χ1n) is 10.7. The number of hydrogen-bond acceptors (Lipinski definition) is 6. The number of carbonyl (C=O) groups is 1. The summed E-state index contributed by atoms with van der Waals surface area (Å²) in [5.74, 6) is 0.590. The lowest BCUT2D eigenvalue weighted by Crippen LogP contribution is -2.63. The molecule has 0 unspecified atom stereocenters. The number of nitrogens with one attached hydrogen (secondary N) is 1. The molecule has 2 aromatic rings. The molecule has 31 heavy (non-hydrogen) atoms. The van der Waals surface area contributed by atoms with Crippen LogP contribution in [0.15, 0.2) is 24.3 Å². The predicted molar refractivity (Wildman–Crippen MR) is 115 cm³/mol. The van der Waals surface area contributed by atoms with Gasteiger partial charge in [-0.15, -0.1) is 0 Å². The van der Waals surface area contributed by atoms with Gasteiger partial charge in [-0.1, -0.05) is 12.1 Å². The van der Waals surface area contributed by atoms with Crippen molar-refractivity contribution in [1.29, 1.82) is 0 Å². The zero-order chi connectivity index (χ0) is 21.6. The Morgan fingerprint density at radius 1 is 1.26 bits per heavy atom. The topological polar surface area (TPSA) is 98.8 Å². The van der Waals surface area contributed by atoms with Gasteiger partial charge in [0.25, 0.3) is 5.91 Å². The van der Waals surface area contributed by atoms with Gasteiger partial charge in [-0.3, -0.25) is 9.89 Å². The number of H-pyrrole nitrogens is 1. The van der Waals surface area contributed by atoms with Crippen LogP contribution in [0.5, 0.6) is 5.75 Å². The van der Waals surface area contributed by atoms with Crippen molar-refractivity contribution in [3.63, 3.8) is 0 Å². The second-order valence-corrected chi connectivity index (χ2v) is 10.4. The van der Waals surface area contributed by atoms with Crippen molar-refractivity contribution >= 4 is 15.9 Å². The molecule has 5 rings (SSSR count). The van der Waals surface area contributed by atoms with E-state index in [1.165, 1.54) is 19.1 Å². The van der Waals surface area contributed by atoms with Gasteiger partial charge in [-0.25, -0.2) is 8.42 Å². The third-order valence-corrected chi connectivity index (χ3v) is 7.75. The molecule has 1 aromatic heterocycles. The van der Waals surface area contributed by atoms with Gasteiger partial charge in [0.2, 0.25) is 10.0 Å². The number of carbonyl (C=O) groups excluding carboxylic acids is 1. The molecule has 0 bridgehead atoms. The van der Waals surface area contributed by atoms with Crippen LogP contribution in [0.4, 0.5) is 0 Å². The normalized spacial score (nSPS) is 19.1. The van der Waals surface area contributed by atoms with Crippen LogP contribution in [0.2, 0.25) is 0 Å². The SMILES string of the molecule is CS(=O)(=O)N(CCN1CCCC1)C1CN(C(=O)c2[nH]nc3c2COc2ccccc2-3)C1. The number of likely N-dealkylation sites (tertiary alicyclic amines) is 2. The van der Waals surface area contributed by atoms with Gasteiger partial charge in [0.1, 0.15) is 23.7 Å². The molecular formula is C21H27N5O4S. The number of ether oxygens (including phenoxy) is 1. The Labute approximate surface area is 182 Å². The van der Waals surface area contributed by atoms with E-state index in [1.54, 1.807) is 9.21 Å². The van der Waals surface area contributed by atoms with Gasteiger partial charge in [0.05, 0.1) is 12.3 Å². The number of nitrogens with zero attached hydrogens (tertiary/aromatic N) is 4. The number of aromatic nitrogens is 2. The molecule has 1 N–H and O–H groups in total. The van der Waals surface area contributed by atoms with E-state index >= 15 is 0 Å². The lowest BCUT2D eigenvalue weighted by Gasteiger charge is -2.44. The molecular weight excluding hydrogens is 418 g/mol. The van der Waals surface area contributed by atoms with Crippen LogP contribution in [0.1, 0.15) is 28.9 Å². The second kappa shape index (κ2) is 7.92. The van der Waals surface area contributed by atoms with Gasteiger partial charge in [-0.05, 0) is 38.1 Å². The van der Waals surface area contributed by atoms with E-state index in [-0.39, 0.29) is 18.6 Å². The summed E-state index contributed by atoms with van der Waals surface area (Å²) in [6.07, 6.45) is 3.60. The van der Waals surface area contributed by atoms with Gasteiger partial charge < -0.3 is 14.5 Å². The minimum atomic E-state index is -3.34. The Balaban J connectivity index is 1.26. The molecule has 1 amide bonds. The summed E-state index contributed by atoms with van der Waals surface area (Å²) in [5.41, 5.74) is 2.78. The molecule has 4 heterocycles. The first kappa shape index (κ1) is 20.5. The van der Waals surface area contributed by atoms with Crippen LogP contribution >= 0.6 is 0 Å². The fraction of sp³-hybridized carbons (Fsp3) is 0.524. The maximum absolute atomic E-state index is 13.1. The van der Waals surface area contributed by atoms with E-state index in [1.807, 2.05) is 24.3 Å². The van der Waals surface area contributed by atoms with Crippen molar-refractivity contribution in [3.8, 4) is 17.0 Å². The van der Waals surface area contributed by atoms with E-state index in [2.05, 4.69) is 15.1 Å². The summed E-state index contributed by atoms with van der Waals surface area (Å²) in [5, 5.41) is 7.25. The highest BCUT2D eigenvalue weighted by Gasteiger charge is 2.40. The zero-order valence-electron chi connectivity index (χ0n) is 17.6. The molecule has 10 heteroatoms. The summed E-state index contributed by atoms with van der Waals surface area (Å²) in [6, 6.07) is 7.44. The van der Waals surface area contributed by atoms with Crippen LogP contribution in [0.3, 0.4) is 0 Å². The highest BCUT2D eigenvalue weighted by atomic mass is 32.2. The monoisotopic (exact) mass is 445 g/mol. The number of hydrogen-bond donors (Lipinski definition) is 1. The molecule has 1 aromatic carbocycles. The van der Waals surface area contributed by atoms with Gasteiger partial charge in [0, 0.05) is 37.3 Å². The first-order chi connectivity index (χ1) is 14.9. The minimum absolute atomic E-state index is 0.166. The average molecular weight is 446 g/mol. The third-order valence-electron chi connectivity index (χ3n) is 6.41. The van der Waals surface area contributed by atoms with Gasteiger partial charge in [-0.2, -0.15) is 9.40 Å². The number of fused-ring (bicyclic) bond motifs is 3. The lowest BCUT2D eigenvalue weighted by molar-refractivity contribution is 0.0435. The third kappa shape index (κ3) is 3.83. The highest BCUT2D eigenvalue weighted by molar-refractivity contribution is 7.88. The largest absolute Gasteiger partial charge is 0.488 e. The van der Waals surface area contributed by atoms with E-state index in [9.17, 15) is 13.2 Å². The summed E-state index contributed by atoms with van der Waals surface area (Å²) >= 11 is 0. The molecule has 3 aliphatic heterocycles. The molecule has 2 fully saturated rings. The predicted octanol–water partition coefficient (Wildman–Crippen LogP) is 1.15. The van der Waals surface area contributed by atoms with Crippen LogP contribution in [0, 0.1) is 0 Å². The molecule has 0 radical (unpaired) electrons. The highest BCUT2D eigenvalue weighted by Crippen LogP contribution is 2.37. The average Bonchev–Trinajstić information content (AvgIpc) is 3.37. The van der Waals surface area contributed by atoms with Gasteiger partial charge in [0.15, 0.2) is 0 Å². The fourth-order valence-corrected chi connectivity index (χ4v) is 5.76. The number of rotatable bonds is 6. The van der Waals surface area contributed by atoms with Crippen molar-refractivity contribution in [1.82, 2.24) is 24.3 Å². The van der Waals surface area contributed by atoms with Crippen LogP contribution in [0.25, 0.3) is 11.3 Å². The van der Waals surface area contributed by atoms with Crippen molar-refractivity contribution < 1.29 is 17.9 Å². The maximum Gasteiger partial charge on any atom is 0.272 e. The number of para-hydroxylation sites is 1. The van der Waals surface area contributed by atoms with Crippen LogP contribution < -0.4 is 4.74 Å².